The van der Waals surface area contributed by atoms with Crippen molar-refractivity contribution >= 4 is 28.4 Å². The van der Waals surface area contributed by atoms with Crippen molar-refractivity contribution in [3.8, 4) is 0 Å². The molecule has 1 amide bonds. The average molecular weight is 530 g/mol. The molecule has 5 rings (SSSR count). The Hall–Kier alpha value is -3.29. The van der Waals surface area contributed by atoms with E-state index in [0.717, 1.165) is 27.6 Å². The molecule has 1 aromatic carbocycles. The fourth-order valence-electron chi connectivity index (χ4n) is 7.10. The quantitative estimate of drug-likeness (QED) is 0.404. The molecule has 7 unspecified atom stereocenters. The molecule has 1 saturated heterocycles. The second kappa shape index (κ2) is 10.4. The predicted molar refractivity (Wildman–Crippen MR) is 149 cm³/mol. The topological polar surface area (TPSA) is 118 Å². The van der Waals surface area contributed by atoms with Crippen LogP contribution in [0.3, 0.4) is 0 Å². The third kappa shape index (κ3) is 4.42. The van der Waals surface area contributed by atoms with Crippen molar-refractivity contribution in [2.75, 3.05) is 0 Å². The number of Topliss-reactive ketones (excluding diaryl/α,β-unsaturated/α-hetero) is 2. The van der Waals surface area contributed by atoms with Gasteiger partial charge in [0, 0.05) is 24.3 Å². The van der Waals surface area contributed by atoms with Crippen LogP contribution in [-0.2, 0) is 20.8 Å². The lowest BCUT2D eigenvalue weighted by Crippen LogP contribution is -2.55. The maximum absolute atomic E-state index is 14.2. The van der Waals surface area contributed by atoms with Gasteiger partial charge < -0.3 is 20.5 Å². The molecule has 0 bridgehead atoms. The van der Waals surface area contributed by atoms with E-state index in [-0.39, 0.29) is 30.6 Å². The highest BCUT2D eigenvalue weighted by molar-refractivity contribution is 6.10. The normalized spacial score (nSPS) is 34.1. The lowest BCUT2D eigenvalue weighted by Gasteiger charge is -2.46. The molecule has 7 nitrogen and oxygen atoms in total. The number of fused-ring (bicyclic) bond motifs is 1. The van der Waals surface area contributed by atoms with E-state index in [1.165, 1.54) is 0 Å². The number of hydrogen-bond donors (Lipinski definition) is 3. The first-order valence-corrected chi connectivity index (χ1v) is 13.8. The number of carbonyl (C=O) groups is 3. The van der Waals surface area contributed by atoms with Gasteiger partial charge >= 0.3 is 0 Å². The highest BCUT2D eigenvalue weighted by atomic mass is 16.3. The maximum atomic E-state index is 14.2. The Morgan fingerprint density at radius 3 is 2.59 bits per heavy atom. The third-order valence-corrected chi connectivity index (χ3v) is 9.22. The van der Waals surface area contributed by atoms with E-state index >= 15 is 0 Å². The summed E-state index contributed by atoms with van der Waals surface area (Å²) in [7, 11) is 0. The molecule has 1 fully saturated rings. The third-order valence-electron chi connectivity index (χ3n) is 9.22. The van der Waals surface area contributed by atoms with Gasteiger partial charge in [-0.25, -0.2) is 0 Å². The number of benzene rings is 1. The molecule has 0 radical (unpaired) electrons. The molecule has 2 heterocycles. The molecule has 1 aromatic heterocycles. The van der Waals surface area contributed by atoms with Crippen molar-refractivity contribution in [2.24, 2.45) is 23.2 Å². The first kappa shape index (κ1) is 27.3. The van der Waals surface area contributed by atoms with Gasteiger partial charge in [-0.3, -0.25) is 14.4 Å². The van der Waals surface area contributed by atoms with Crippen LogP contribution >= 0.6 is 0 Å². The molecule has 0 saturated carbocycles. The number of amides is 1. The van der Waals surface area contributed by atoms with E-state index in [0.29, 0.717) is 18.4 Å². The summed E-state index contributed by atoms with van der Waals surface area (Å²) in [6.07, 6.45) is 5.92. The Kier molecular flexibility index (Phi) is 7.25. The number of carbonyl (C=O) groups excluding carboxylic acids is 3. The second-order valence-electron chi connectivity index (χ2n) is 11.6. The van der Waals surface area contributed by atoms with Crippen LogP contribution in [0.2, 0.25) is 0 Å². The first-order valence-electron chi connectivity index (χ1n) is 13.8. The minimum Gasteiger partial charge on any atom is -0.663 e. The van der Waals surface area contributed by atoms with Crippen LogP contribution in [0.5, 0.6) is 0 Å². The fraction of sp³-hybridized carbons (Fsp3) is 0.469. The smallest absolute Gasteiger partial charge is 0.235 e. The van der Waals surface area contributed by atoms with E-state index in [1.807, 2.05) is 69.5 Å². The summed E-state index contributed by atoms with van der Waals surface area (Å²) in [5.74, 6) is -2.39. The first-order chi connectivity index (χ1) is 18.6. The van der Waals surface area contributed by atoms with E-state index in [2.05, 4.69) is 10.3 Å². The summed E-state index contributed by atoms with van der Waals surface area (Å²) >= 11 is 0. The van der Waals surface area contributed by atoms with Crippen LogP contribution in [0.1, 0.15) is 52.5 Å². The highest BCUT2D eigenvalue weighted by Crippen LogP contribution is 2.55. The Morgan fingerprint density at radius 2 is 1.82 bits per heavy atom. The molecule has 39 heavy (non-hydrogen) atoms. The minimum atomic E-state index is -1.54. The van der Waals surface area contributed by atoms with Gasteiger partial charge in [-0.1, -0.05) is 60.6 Å². The van der Waals surface area contributed by atoms with E-state index in [9.17, 15) is 24.6 Å². The van der Waals surface area contributed by atoms with Gasteiger partial charge in [0.1, 0.15) is 17.3 Å². The number of para-hydroxylation sites is 1. The van der Waals surface area contributed by atoms with Crippen LogP contribution < -0.4 is 10.3 Å². The summed E-state index contributed by atoms with van der Waals surface area (Å²) in [6.45, 7) is 7.43. The Morgan fingerprint density at radius 1 is 1.08 bits per heavy atom. The maximum Gasteiger partial charge on any atom is 0.235 e. The molecular formula is C32H37N2O5-. The molecule has 3 aliphatic rings. The van der Waals surface area contributed by atoms with Crippen LogP contribution in [0.4, 0.5) is 0 Å². The van der Waals surface area contributed by atoms with Gasteiger partial charge in [-0.2, -0.15) is 6.20 Å². The Bertz CT molecular complexity index is 1410. The van der Waals surface area contributed by atoms with Gasteiger partial charge in [0.2, 0.25) is 5.91 Å². The van der Waals surface area contributed by atoms with Crippen molar-refractivity contribution in [1.82, 2.24) is 10.3 Å². The van der Waals surface area contributed by atoms with Crippen molar-refractivity contribution in [1.29, 1.82) is 0 Å². The number of ketones is 2. The Balaban J connectivity index is 1.61. The number of rotatable bonds is 2. The largest absolute Gasteiger partial charge is 0.663 e. The second-order valence-corrected chi connectivity index (χ2v) is 11.6. The van der Waals surface area contributed by atoms with Crippen LogP contribution in [0, 0.1) is 23.2 Å². The van der Waals surface area contributed by atoms with Gasteiger partial charge in [0.25, 0.3) is 0 Å². The zero-order valence-electron chi connectivity index (χ0n) is 23.0. The number of aliphatic hydroxyl groups is 2. The monoisotopic (exact) mass is 529 g/mol. The molecule has 7 heteroatoms. The van der Waals surface area contributed by atoms with E-state index in [1.54, 1.807) is 6.92 Å². The standard InChI is InChI=1S/C32H37N2O5/c1-17-8-7-10-23-30(38)20(4)19(3)28-25(15-21-16-33-24-11-6-5-9-22(21)24)34-31(39)32(23,28)27(36)13-12-26(35)29(37)18(2)14-17/h5-7,9-11,14,16-17,23,25-26,28,30,35,38H,8,12-13,15H2,1-4H3,(H,34,39)/q-1. The van der Waals surface area contributed by atoms with Gasteiger partial charge in [0.05, 0.1) is 6.10 Å². The number of allylic oxidation sites excluding steroid dienone is 2. The van der Waals surface area contributed by atoms with Crippen molar-refractivity contribution < 1.29 is 24.6 Å². The molecule has 3 N–H and O–H groups in total. The summed E-state index contributed by atoms with van der Waals surface area (Å²) < 4.78 is 0. The predicted octanol–water partition coefficient (Wildman–Crippen LogP) is 3.59. The van der Waals surface area contributed by atoms with Crippen molar-refractivity contribution in [2.45, 2.75) is 71.6 Å². The van der Waals surface area contributed by atoms with Crippen LogP contribution in [-0.4, -0.2) is 45.9 Å². The van der Waals surface area contributed by atoms with Gasteiger partial charge in [-0.15, -0.1) is 5.52 Å². The minimum absolute atomic E-state index is 0.00276. The number of aliphatic hydroxyl groups excluding tert-OH is 2. The van der Waals surface area contributed by atoms with Crippen LogP contribution in [0.15, 0.2) is 65.4 Å². The Labute approximate surface area is 229 Å². The molecule has 206 valence electrons. The zero-order valence-corrected chi connectivity index (χ0v) is 23.0. The summed E-state index contributed by atoms with van der Waals surface area (Å²) in [5.41, 5.74) is 2.40. The molecular weight excluding hydrogens is 492 g/mol. The molecule has 1 spiro atoms. The van der Waals surface area contributed by atoms with E-state index in [4.69, 9.17) is 0 Å². The number of hydrogen-bond acceptors (Lipinski definition) is 5. The number of aromatic nitrogens is 1. The molecule has 7 atom stereocenters. The van der Waals surface area contributed by atoms with Gasteiger partial charge in [-0.05, 0) is 62.5 Å². The van der Waals surface area contributed by atoms with Gasteiger partial charge in [0.15, 0.2) is 5.78 Å². The lowest BCUT2D eigenvalue weighted by molar-refractivity contribution is -0.148. The number of nitrogens with one attached hydrogen (secondary N) is 1. The SMILES string of the molecule is CC1=CC(C)CC=CC2C(O)C(C)=C(C)C3C(Cc4c[n-]c5ccccc45)NC(=O)C23C(=O)CCC(O)C1=O. The van der Waals surface area contributed by atoms with E-state index < -0.39 is 41.1 Å². The molecule has 2 aromatic rings. The fourth-order valence-corrected chi connectivity index (χ4v) is 7.10. The molecule has 1 aliphatic heterocycles. The van der Waals surface area contributed by atoms with Crippen LogP contribution in [0.25, 0.3) is 10.9 Å². The summed E-state index contributed by atoms with van der Waals surface area (Å²) in [6, 6.07) is 7.47. The van der Waals surface area contributed by atoms with Crippen molar-refractivity contribution in [3.05, 3.63) is 71.0 Å². The number of nitrogens with zero attached hydrogens (tertiary/aromatic N) is 1. The average Bonchev–Trinajstić information content (AvgIpc) is 3.45. The lowest BCUT2D eigenvalue weighted by atomic mass is 9.54. The summed E-state index contributed by atoms with van der Waals surface area (Å²) in [4.78, 5) is 45.6. The summed E-state index contributed by atoms with van der Waals surface area (Å²) in [5, 5.41) is 26.3. The molecule has 2 aliphatic carbocycles. The zero-order chi connectivity index (χ0) is 28.1. The highest BCUT2D eigenvalue weighted by Gasteiger charge is 2.66. The van der Waals surface area contributed by atoms with Crippen molar-refractivity contribution in [3.63, 3.8) is 0 Å².